The molecule has 250 valence electrons. The largest absolute Gasteiger partial charge is 1.00 e. The zero-order valence-corrected chi connectivity index (χ0v) is 34.2. The van der Waals surface area contributed by atoms with Crippen LogP contribution in [-0.2, 0) is 23.3 Å². The van der Waals surface area contributed by atoms with Gasteiger partial charge in [-0.1, -0.05) is 128 Å². The number of benzene rings is 6. The molecule has 1 saturated carbocycles. The Hall–Kier alpha value is -3.26. The third-order valence-corrected chi connectivity index (χ3v) is 9.76. The van der Waals surface area contributed by atoms with E-state index in [1.165, 1.54) is 95.7 Å². The molecule has 0 atom stereocenters. The Kier molecular flexibility index (Phi) is 12.8. The summed E-state index contributed by atoms with van der Waals surface area (Å²) in [7, 11) is 0. The second-order valence-corrected chi connectivity index (χ2v) is 22.9. The van der Waals surface area contributed by atoms with Gasteiger partial charge in [0, 0.05) is 0 Å². The molecular weight excluding hydrogens is 743 g/mol. The maximum absolute atomic E-state index is 2.44. The molecule has 4 heteroatoms. The average Bonchev–Trinajstić information content (AvgIpc) is 3.67. The van der Waals surface area contributed by atoms with Crippen LogP contribution >= 0.6 is 0 Å². The number of rotatable bonds is 3. The first kappa shape index (κ1) is 38.0. The molecule has 0 bridgehead atoms. The Bertz CT molecular complexity index is 2400. The van der Waals surface area contributed by atoms with Crippen molar-refractivity contribution in [3.63, 3.8) is 0 Å². The summed E-state index contributed by atoms with van der Waals surface area (Å²) in [4.78, 5) is 0. The SMILES string of the molecule is C[Si](C)=[Zr+2].Cc1cc2c(-c3cccc4ccccc34)ccc(C)c2[cH-]1.[Cl-].[Cl-].c1ccc2c(-c3cccc4[cH-]c(C5CCC5)cc34)cccc2c1. The van der Waals surface area contributed by atoms with Crippen molar-refractivity contribution < 1.29 is 48.1 Å². The van der Waals surface area contributed by atoms with Crippen LogP contribution < -0.4 is 24.8 Å². The standard InChI is InChI=1S/C23H19.C21H17.C2H6Si.2ClH.Zr/c1-2-11-20-17(6-1)9-4-12-21(20)22-13-5-10-18-14-19(15-23(18)22)16-7-3-8-16;1-14-12-20-15(2)10-11-19(21(20)13-14)18-9-5-7-16-6-3-4-8-17(16)18;1-3-2;;;/h1-2,4-6,9-16H,3,7-8H2;3-13H,1-2H3;1-2H3;2*1H;/q2*-1;;;;+2/p-2. The molecule has 0 unspecified atom stereocenters. The van der Waals surface area contributed by atoms with Gasteiger partial charge in [0.15, 0.2) is 0 Å². The molecule has 1 fully saturated rings. The molecule has 1 aliphatic carbocycles. The Labute approximate surface area is 324 Å². The van der Waals surface area contributed by atoms with Crippen molar-refractivity contribution in [1.29, 1.82) is 0 Å². The minimum absolute atomic E-state index is 0. The van der Waals surface area contributed by atoms with Crippen molar-refractivity contribution in [3.05, 3.63) is 156 Å². The fraction of sp³-hybridized carbons (Fsp3) is 0.174. The van der Waals surface area contributed by atoms with Crippen LogP contribution in [0.4, 0.5) is 0 Å². The van der Waals surface area contributed by atoms with Crippen molar-refractivity contribution >= 4 is 48.5 Å². The van der Waals surface area contributed by atoms with E-state index in [4.69, 9.17) is 0 Å². The van der Waals surface area contributed by atoms with Crippen LogP contribution in [0.1, 0.15) is 41.9 Å². The molecule has 0 saturated heterocycles. The van der Waals surface area contributed by atoms with E-state index in [1.807, 2.05) is 0 Å². The van der Waals surface area contributed by atoms with Gasteiger partial charge in [-0.3, -0.25) is 0 Å². The molecular formula is C46H42Cl2SiZr-2. The monoisotopic (exact) mass is 782 g/mol. The zero-order chi connectivity index (χ0) is 33.2. The molecule has 0 radical (unpaired) electrons. The van der Waals surface area contributed by atoms with Crippen molar-refractivity contribution in [2.75, 3.05) is 0 Å². The molecule has 1 aliphatic rings. The summed E-state index contributed by atoms with van der Waals surface area (Å²) in [6.45, 7) is 8.98. The summed E-state index contributed by atoms with van der Waals surface area (Å²) in [6, 6.07) is 51.2. The van der Waals surface area contributed by atoms with Crippen LogP contribution in [-0.4, -0.2) is 5.43 Å². The van der Waals surface area contributed by atoms with Crippen LogP contribution in [0.5, 0.6) is 0 Å². The third kappa shape index (κ3) is 7.95. The molecule has 8 aromatic carbocycles. The van der Waals surface area contributed by atoms with Gasteiger partial charge >= 0.3 is 41.9 Å². The predicted molar refractivity (Wildman–Crippen MR) is 209 cm³/mol. The molecule has 0 heterocycles. The molecule has 0 aliphatic heterocycles. The van der Waals surface area contributed by atoms with E-state index >= 15 is 0 Å². The Morgan fingerprint density at radius 2 is 1.06 bits per heavy atom. The van der Waals surface area contributed by atoms with E-state index in [1.54, 1.807) is 28.9 Å². The van der Waals surface area contributed by atoms with E-state index in [0.29, 0.717) is 0 Å². The molecule has 0 nitrogen and oxygen atoms in total. The number of halogens is 2. The van der Waals surface area contributed by atoms with E-state index in [2.05, 4.69) is 166 Å². The summed E-state index contributed by atoms with van der Waals surface area (Å²) in [5.74, 6) is 0.794. The van der Waals surface area contributed by atoms with Crippen LogP contribution in [0.25, 0.3) is 65.3 Å². The fourth-order valence-corrected chi connectivity index (χ4v) is 7.21. The van der Waals surface area contributed by atoms with Gasteiger partial charge in [-0.05, 0) is 51.4 Å². The first-order chi connectivity index (χ1) is 23.4. The van der Waals surface area contributed by atoms with Gasteiger partial charge < -0.3 is 24.8 Å². The van der Waals surface area contributed by atoms with Gasteiger partial charge in [-0.2, -0.15) is 12.1 Å². The third-order valence-electron chi connectivity index (χ3n) is 9.76. The fourth-order valence-electron chi connectivity index (χ4n) is 7.21. The quantitative estimate of drug-likeness (QED) is 0.129. The molecule has 0 amide bonds. The molecule has 8 aromatic rings. The van der Waals surface area contributed by atoms with Gasteiger partial charge in [0.1, 0.15) is 0 Å². The van der Waals surface area contributed by atoms with E-state index < -0.39 is 0 Å². The Balaban J connectivity index is 0.000000170. The van der Waals surface area contributed by atoms with Crippen molar-refractivity contribution in [2.45, 2.75) is 52.1 Å². The van der Waals surface area contributed by atoms with Crippen molar-refractivity contribution in [2.24, 2.45) is 0 Å². The molecule has 0 spiro atoms. The average molecular weight is 785 g/mol. The van der Waals surface area contributed by atoms with E-state index in [-0.39, 0.29) is 30.2 Å². The minimum atomic E-state index is 0. The smallest absolute Gasteiger partial charge is 0.0114 e. The topological polar surface area (TPSA) is 0 Å². The maximum Gasteiger partial charge on any atom is -0.0114 e. The Morgan fingerprint density at radius 1 is 0.560 bits per heavy atom. The van der Waals surface area contributed by atoms with Crippen molar-refractivity contribution in [3.8, 4) is 22.3 Å². The molecule has 50 heavy (non-hydrogen) atoms. The number of aryl methyl sites for hydroxylation is 2. The van der Waals surface area contributed by atoms with E-state index in [9.17, 15) is 0 Å². The normalized spacial score (nSPS) is 12.3. The molecule has 0 N–H and O–H groups in total. The van der Waals surface area contributed by atoms with Gasteiger partial charge in [0.2, 0.25) is 0 Å². The maximum atomic E-state index is 2.44. The van der Waals surface area contributed by atoms with Gasteiger partial charge in [-0.25, -0.2) is 0 Å². The first-order valence-corrected chi connectivity index (χ1v) is 23.4. The van der Waals surface area contributed by atoms with Crippen LogP contribution in [0, 0.1) is 13.8 Å². The minimum Gasteiger partial charge on any atom is -1.00 e. The Morgan fingerprint density at radius 3 is 1.62 bits per heavy atom. The molecule has 9 rings (SSSR count). The van der Waals surface area contributed by atoms with Gasteiger partial charge in [0.25, 0.3) is 0 Å². The van der Waals surface area contributed by atoms with E-state index in [0.717, 1.165) is 5.92 Å². The second-order valence-electron chi connectivity index (χ2n) is 13.6. The second kappa shape index (κ2) is 16.8. The number of hydrogen-bond donors (Lipinski definition) is 0. The van der Waals surface area contributed by atoms with Gasteiger partial charge in [0.05, 0.1) is 0 Å². The summed E-state index contributed by atoms with van der Waals surface area (Å²) < 4.78 is 0. The number of fused-ring (bicyclic) bond motifs is 4. The predicted octanol–water partition coefficient (Wildman–Crippen LogP) is 7.43. The van der Waals surface area contributed by atoms with Gasteiger partial charge in [-0.15, -0.1) is 68.6 Å². The van der Waals surface area contributed by atoms with Crippen LogP contribution in [0.3, 0.4) is 0 Å². The first-order valence-electron chi connectivity index (χ1n) is 17.2. The van der Waals surface area contributed by atoms with Crippen LogP contribution in [0.15, 0.2) is 140 Å². The summed E-state index contributed by atoms with van der Waals surface area (Å²) >= 11 is 1.74. The summed E-state index contributed by atoms with van der Waals surface area (Å²) in [6.07, 6.45) is 4.11. The molecule has 0 aromatic heterocycles. The number of hydrogen-bond acceptors (Lipinski definition) is 0. The summed E-state index contributed by atoms with van der Waals surface area (Å²) in [5.41, 5.74) is 9.80. The van der Waals surface area contributed by atoms with Crippen LogP contribution in [0.2, 0.25) is 13.1 Å². The zero-order valence-electron chi connectivity index (χ0n) is 29.2. The summed E-state index contributed by atoms with van der Waals surface area (Å²) in [5, 5.41) is 10.8. The van der Waals surface area contributed by atoms with Crippen molar-refractivity contribution in [1.82, 2.24) is 0 Å².